The topological polar surface area (TPSA) is 90.0 Å². The number of hydrogen-bond donors (Lipinski definition) is 1. The highest BCUT2D eigenvalue weighted by molar-refractivity contribution is 5.67. The van der Waals surface area contributed by atoms with Gasteiger partial charge in [0.05, 0.1) is 25.5 Å². The van der Waals surface area contributed by atoms with Gasteiger partial charge < -0.3 is 24.4 Å². The second-order valence-electron chi connectivity index (χ2n) is 6.44. The summed E-state index contributed by atoms with van der Waals surface area (Å²) < 4.78 is 15.5. The molecule has 8 nitrogen and oxygen atoms in total. The van der Waals surface area contributed by atoms with Gasteiger partial charge >= 0.3 is 12.2 Å². The van der Waals surface area contributed by atoms with Crippen LogP contribution >= 0.6 is 0 Å². The zero-order chi connectivity index (χ0) is 19.3. The molecule has 1 saturated carbocycles. The number of aromatic nitrogens is 1. The van der Waals surface area contributed by atoms with E-state index in [0.29, 0.717) is 6.54 Å². The van der Waals surface area contributed by atoms with Crippen molar-refractivity contribution in [2.45, 2.75) is 44.7 Å². The van der Waals surface area contributed by atoms with E-state index in [-0.39, 0.29) is 38.6 Å². The lowest BCUT2D eigenvalue weighted by molar-refractivity contribution is 0.0332. The summed E-state index contributed by atoms with van der Waals surface area (Å²) in [4.78, 5) is 29.3. The van der Waals surface area contributed by atoms with Gasteiger partial charge in [-0.05, 0) is 25.0 Å². The lowest BCUT2D eigenvalue weighted by Gasteiger charge is -2.30. The summed E-state index contributed by atoms with van der Waals surface area (Å²) in [6.45, 7) is 1.13. The number of nitrogens with zero attached hydrogens (tertiary/aromatic N) is 2. The van der Waals surface area contributed by atoms with Crippen LogP contribution in [-0.4, -0.2) is 61.6 Å². The smallest absolute Gasteiger partial charge is 0.409 e. The summed E-state index contributed by atoms with van der Waals surface area (Å²) in [6.07, 6.45) is 6.50. The Morgan fingerprint density at radius 3 is 2.56 bits per heavy atom. The highest BCUT2D eigenvalue weighted by Gasteiger charge is 2.22. The van der Waals surface area contributed by atoms with Crippen molar-refractivity contribution in [1.29, 1.82) is 0 Å². The number of hydrogen-bond acceptors (Lipinski definition) is 6. The number of carbonyl (C=O) groups excluding carboxylic acids is 2. The lowest BCUT2D eigenvalue weighted by atomic mass is 9.95. The molecule has 1 aliphatic rings. The van der Waals surface area contributed by atoms with Crippen molar-refractivity contribution in [2.75, 3.05) is 33.5 Å². The fourth-order valence-corrected chi connectivity index (χ4v) is 2.92. The van der Waals surface area contributed by atoms with Crippen molar-refractivity contribution >= 4 is 12.2 Å². The van der Waals surface area contributed by atoms with Crippen LogP contribution in [0.3, 0.4) is 0 Å². The molecule has 0 aliphatic heterocycles. The summed E-state index contributed by atoms with van der Waals surface area (Å²) in [6, 6.07) is 5.76. The first-order chi connectivity index (χ1) is 13.2. The molecule has 0 aromatic carbocycles. The molecule has 1 heterocycles. The third kappa shape index (κ3) is 8.25. The van der Waals surface area contributed by atoms with E-state index in [0.717, 1.165) is 18.5 Å². The molecule has 2 amide bonds. The maximum absolute atomic E-state index is 12.0. The Balaban J connectivity index is 1.44. The number of pyridine rings is 1. The van der Waals surface area contributed by atoms with E-state index >= 15 is 0 Å². The largest absolute Gasteiger partial charge is 0.447 e. The van der Waals surface area contributed by atoms with Crippen LogP contribution in [0, 0.1) is 0 Å². The van der Waals surface area contributed by atoms with Crippen LogP contribution in [0.1, 0.15) is 37.8 Å². The highest BCUT2D eigenvalue weighted by atomic mass is 16.6. The monoisotopic (exact) mass is 379 g/mol. The number of nitrogens with one attached hydrogen (secondary N) is 1. The van der Waals surface area contributed by atoms with Crippen molar-refractivity contribution in [3.63, 3.8) is 0 Å². The molecule has 1 aromatic heterocycles. The Morgan fingerprint density at radius 2 is 1.85 bits per heavy atom. The van der Waals surface area contributed by atoms with E-state index in [1.54, 1.807) is 18.1 Å². The molecule has 1 N–H and O–H groups in total. The Bertz CT molecular complexity index is 564. The average Bonchev–Trinajstić information content (AvgIpc) is 2.72. The van der Waals surface area contributed by atoms with Gasteiger partial charge in [0.2, 0.25) is 0 Å². The van der Waals surface area contributed by atoms with Gasteiger partial charge in [-0.2, -0.15) is 0 Å². The molecule has 0 atom stereocenters. The van der Waals surface area contributed by atoms with Gasteiger partial charge in [-0.3, -0.25) is 4.98 Å². The normalized spacial score (nSPS) is 14.4. The second kappa shape index (κ2) is 12.1. The molecule has 0 unspecified atom stereocenters. The van der Waals surface area contributed by atoms with Crippen molar-refractivity contribution in [3.8, 4) is 0 Å². The molecule has 2 rings (SSSR count). The van der Waals surface area contributed by atoms with Gasteiger partial charge in [0, 0.05) is 19.3 Å². The zero-order valence-corrected chi connectivity index (χ0v) is 15.9. The predicted octanol–water partition coefficient (Wildman–Crippen LogP) is 2.73. The van der Waals surface area contributed by atoms with E-state index in [2.05, 4.69) is 10.3 Å². The minimum atomic E-state index is -0.523. The Morgan fingerprint density at radius 1 is 1.11 bits per heavy atom. The summed E-state index contributed by atoms with van der Waals surface area (Å²) in [5, 5.41) is 2.61. The molecule has 0 saturated heterocycles. The number of carbonyl (C=O) groups is 2. The van der Waals surface area contributed by atoms with Gasteiger partial charge in [-0.15, -0.1) is 0 Å². The molecule has 8 heteroatoms. The highest BCUT2D eigenvalue weighted by Crippen LogP contribution is 2.21. The molecular weight excluding hydrogens is 350 g/mol. The maximum atomic E-state index is 12.0. The molecule has 150 valence electrons. The number of rotatable bonds is 9. The Kier molecular flexibility index (Phi) is 9.40. The first-order valence-electron chi connectivity index (χ1n) is 9.44. The van der Waals surface area contributed by atoms with Crippen molar-refractivity contribution in [2.24, 2.45) is 0 Å². The molecule has 1 aromatic rings. The van der Waals surface area contributed by atoms with E-state index in [1.807, 2.05) is 18.2 Å². The first-order valence-corrected chi connectivity index (χ1v) is 9.44. The van der Waals surface area contributed by atoms with Crippen LogP contribution < -0.4 is 5.32 Å². The third-order valence-electron chi connectivity index (χ3n) is 4.46. The van der Waals surface area contributed by atoms with Crippen LogP contribution in [0.25, 0.3) is 0 Å². The molecule has 1 aliphatic carbocycles. The van der Waals surface area contributed by atoms with Crippen LogP contribution in [0.4, 0.5) is 9.59 Å². The molecule has 0 radical (unpaired) electrons. The number of alkyl carbamates (subject to hydrolysis) is 1. The minimum absolute atomic E-state index is 0.129. The SMILES string of the molecule is CN(C(=O)OCCOCCOC(=O)NCc1ccccn1)C1CCCCC1. The lowest BCUT2D eigenvalue weighted by Crippen LogP contribution is -2.39. The Hall–Kier alpha value is -2.35. The van der Waals surface area contributed by atoms with Gasteiger partial charge in [0.25, 0.3) is 0 Å². The molecule has 27 heavy (non-hydrogen) atoms. The summed E-state index contributed by atoms with van der Waals surface area (Å²) in [7, 11) is 1.79. The fourth-order valence-electron chi connectivity index (χ4n) is 2.92. The Labute approximate surface area is 160 Å². The van der Waals surface area contributed by atoms with E-state index in [9.17, 15) is 9.59 Å². The first kappa shape index (κ1) is 21.0. The van der Waals surface area contributed by atoms with Crippen molar-refractivity contribution < 1.29 is 23.8 Å². The van der Waals surface area contributed by atoms with E-state index in [1.165, 1.54) is 19.3 Å². The third-order valence-corrected chi connectivity index (χ3v) is 4.46. The average molecular weight is 379 g/mol. The second-order valence-corrected chi connectivity index (χ2v) is 6.44. The zero-order valence-electron chi connectivity index (χ0n) is 15.9. The van der Waals surface area contributed by atoms with Gasteiger partial charge in [-0.25, -0.2) is 9.59 Å². The minimum Gasteiger partial charge on any atom is -0.447 e. The maximum Gasteiger partial charge on any atom is 0.409 e. The molecule has 1 fully saturated rings. The van der Waals surface area contributed by atoms with Gasteiger partial charge in [0.15, 0.2) is 0 Å². The summed E-state index contributed by atoms with van der Waals surface area (Å²) >= 11 is 0. The van der Waals surface area contributed by atoms with Crippen LogP contribution in [-0.2, 0) is 20.8 Å². The van der Waals surface area contributed by atoms with Crippen LogP contribution in [0.2, 0.25) is 0 Å². The van der Waals surface area contributed by atoms with E-state index < -0.39 is 6.09 Å². The van der Waals surface area contributed by atoms with Crippen LogP contribution in [0.5, 0.6) is 0 Å². The van der Waals surface area contributed by atoms with Crippen molar-refractivity contribution in [1.82, 2.24) is 15.2 Å². The molecular formula is C19H29N3O5. The molecule has 0 spiro atoms. The van der Waals surface area contributed by atoms with Crippen LogP contribution in [0.15, 0.2) is 24.4 Å². The number of amides is 2. The predicted molar refractivity (Wildman–Crippen MR) is 99.2 cm³/mol. The van der Waals surface area contributed by atoms with E-state index in [4.69, 9.17) is 14.2 Å². The van der Waals surface area contributed by atoms with Gasteiger partial charge in [0.1, 0.15) is 13.2 Å². The molecule has 0 bridgehead atoms. The quantitative estimate of drug-likeness (QED) is 0.664. The standard InChI is InChI=1S/C19H29N3O5/c1-22(17-8-3-2-4-9-17)19(24)27-14-12-25-11-13-26-18(23)21-15-16-7-5-6-10-20-16/h5-7,10,17H,2-4,8-9,11-15H2,1H3,(H,21,23). The fraction of sp³-hybridized carbons (Fsp3) is 0.632. The number of ether oxygens (including phenoxy) is 3. The summed E-state index contributed by atoms with van der Waals surface area (Å²) in [5.74, 6) is 0. The summed E-state index contributed by atoms with van der Waals surface area (Å²) in [5.41, 5.74) is 0.755. The van der Waals surface area contributed by atoms with Crippen molar-refractivity contribution in [3.05, 3.63) is 30.1 Å². The van der Waals surface area contributed by atoms with Gasteiger partial charge in [-0.1, -0.05) is 25.3 Å².